The van der Waals surface area contributed by atoms with Gasteiger partial charge in [0.05, 0.1) is 10.6 Å². The van der Waals surface area contributed by atoms with Gasteiger partial charge in [-0.15, -0.1) is 0 Å². The second-order valence-corrected chi connectivity index (χ2v) is 7.47. The van der Waals surface area contributed by atoms with Crippen LogP contribution in [0, 0.1) is 5.82 Å². The van der Waals surface area contributed by atoms with E-state index in [1.54, 1.807) is 25.2 Å². The summed E-state index contributed by atoms with van der Waals surface area (Å²) in [5.41, 5.74) is 0.934. The van der Waals surface area contributed by atoms with Crippen molar-refractivity contribution in [2.45, 2.75) is 12.3 Å². The molecular weight excluding hydrogens is 375 g/mol. The van der Waals surface area contributed by atoms with Crippen molar-refractivity contribution in [3.05, 3.63) is 79.5 Å². The number of halogens is 2. The highest BCUT2D eigenvalue weighted by Gasteiger charge is 2.39. The Labute approximate surface area is 158 Å². The standard InChI is InChI=1S/C19H14ClFN2O2S/c1-22-18-17(26-19(22)25)12(16-13(20)8-5-9-14(16)21)10-15(24)23(18)11-6-3-2-4-7-11/h2-9,12H,10H2,1H3/t12-/m0/s1. The maximum Gasteiger partial charge on any atom is 0.308 e. The summed E-state index contributed by atoms with van der Waals surface area (Å²) in [7, 11) is 1.62. The molecule has 1 atom stereocenters. The van der Waals surface area contributed by atoms with E-state index in [0.717, 1.165) is 11.3 Å². The first-order valence-electron chi connectivity index (χ1n) is 8.00. The van der Waals surface area contributed by atoms with E-state index in [-0.39, 0.29) is 27.8 Å². The number of hydrogen-bond donors (Lipinski definition) is 0. The summed E-state index contributed by atoms with van der Waals surface area (Å²) in [5, 5.41) is 0.255. The SMILES string of the molecule is Cn1c2c(sc1=O)[C@H](c1c(F)cccc1Cl)CC(=O)N2c1ccccc1. The molecule has 1 aromatic heterocycles. The quantitative estimate of drug-likeness (QED) is 0.651. The monoisotopic (exact) mass is 388 g/mol. The van der Waals surface area contributed by atoms with Gasteiger partial charge in [0.15, 0.2) is 0 Å². The van der Waals surface area contributed by atoms with Gasteiger partial charge >= 0.3 is 4.87 Å². The molecular formula is C19H14ClFN2O2S. The van der Waals surface area contributed by atoms with Gasteiger partial charge in [-0.25, -0.2) is 4.39 Å². The molecule has 0 radical (unpaired) electrons. The van der Waals surface area contributed by atoms with Crippen molar-refractivity contribution in [3.63, 3.8) is 0 Å². The maximum absolute atomic E-state index is 14.5. The number of carbonyl (C=O) groups is 1. The third-order valence-corrected chi connectivity index (χ3v) is 5.99. The lowest BCUT2D eigenvalue weighted by molar-refractivity contribution is -0.118. The molecule has 0 saturated carbocycles. The van der Waals surface area contributed by atoms with Crippen LogP contribution in [0.25, 0.3) is 0 Å². The number of carbonyl (C=O) groups excluding carboxylic acids is 1. The Morgan fingerprint density at radius 3 is 2.54 bits per heavy atom. The van der Waals surface area contributed by atoms with Crippen LogP contribution in [0.5, 0.6) is 0 Å². The zero-order chi connectivity index (χ0) is 18.4. The minimum absolute atomic E-state index is 0.0441. The molecule has 4 nitrogen and oxygen atoms in total. The Bertz CT molecular complexity index is 1040. The molecule has 132 valence electrons. The lowest BCUT2D eigenvalue weighted by Crippen LogP contribution is -2.34. The molecule has 4 rings (SSSR count). The minimum Gasteiger partial charge on any atom is -0.288 e. The molecule has 26 heavy (non-hydrogen) atoms. The first-order chi connectivity index (χ1) is 12.5. The average Bonchev–Trinajstić information content (AvgIpc) is 2.91. The number of para-hydroxylation sites is 1. The predicted molar refractivity (Wildman–Crippen MR) is 101 cm³/mol. The molecule has 0 saturated heterocycles. The summed E-state index contributed by atoms with van der Waals surface area (Å²) >= 11 is 7.26. The van der Waals surface area contributed by atoms with Crippen molar-refractivity contribution >= 4 is 40.4 Å². The molecule has 0 aliphatic carbocycles. The molecule has 1 amide bonds. The second kappa shape index (κ2) is 6.37. The van der Waals surface area contributed by atoms with Crippen LogP contribution in [-0.4, -0.2) is 10.5 Å². The smallest absolute Gasteiger partial charge is 0.288 e. The van der Waals surface area contributed by atoms with Crippen molar-refractivity contribution in [2.75, 3.05) is 4.90 Å². The molecule has 7 heteroatoms. The summed E-state index contributed by atoms with van der Waals surface area (Å²) in [6.07, 6.45) is 0.0441. The molecule has 2 heterocycles. The summed E-state index contributed by atoms with van der Waals surface area (Å²) in [6.45, 7) is 0. The molecule has 0 bridgehead atoms. The summed E-state index contributed by atoms with van der Waals surface area (Å²) in [5.74, 6) is -0.781. The summed E-state index contributed by atoms with van der Waals surface area (Å²) < 4.78 is 15.9. The lowest BCUT2D eigenvalue weighted by atomic mass is 9.90. The number of fused-ring (bicyclic) bond motifs is 1. The number of hydrogen-bond acceptors (Lipinski definition) is 3. The molecule has 2 aromatic carbocycles. The van der Waals surface area contributed by atoms with E-state index in [0.29, 0.717) is 16.4 Å². The molecule has 0 unspecified atom stereocenters. The lowest BCUT2D eigenvalue weighted by Gasteiger charge is -2.32. The fourth-order valence-corrected chi connectivity index (χ4v) is 4.71. The van der Waals surface area contributed by atoms with Crippen LogP contribution in [0.1, 0.15) is 22.8 Å². The first kappa shape index (κ1) is 17.0. The van der Waals surface area contributed by atoms with Gasteiger partial charge in [-0.1, -0.05) is 47.2 Å². The van der Waals surface area contributed by atoms with E-state index < -0.39 is 11.7 Å². The van der Waals surface area contributed by atoms with Crippen molar-refractivity contribution in [1.29, 1.82) is 0 Å². The predicted octanol–water partition coefficient (Wildman–Crippen LogP) is 4.44. The zero-order valence-electron chi connectivity index (χ0n) is 13.8. The van der Waals surface area contributed by atoms with Crippen molar-refractivity contribution in [3.8, 4) is 0 Å². The van der Waals surface area contributed by atoms with Crippen LogP contribution < -0.4 is 9.77 Å². The Balaban J connectivity index is 1.96. The van der Waals surface area contributed by atoms with Crippen molar-refractivity contribution in [2.24, 2.45) is 7.05 Å². The Morgan fingerprint density at radius 2 is 1.85 bits per heavy atom. The summed E-state index contributed by atoms with van der Waals surface area (Å²) in [6, 6.07) is 13.6. The average molecular weight is 389 g/mol. The van der Waals surface area contributed by atoms with Gasteiger partial charge < -0.3 is 0 Å². The van der Waals surface area contributed by atoms with Crippen LogP contribution in [0.2, 0.25) is 5.02 Å². The van der Waals surface area contributed by atoms with E-state index in [1.165, 1.54) is 21.6 Å². The number of benzene rings is 2. The highest BCUT2D eigenvalue weighted by molar-refractivity contribution is 7.10. The third-order valence-electron chi connectivity index (χ3n) is 4.53. The number of aromatic nitrogens is 1. The van der Waals surface area contributed by atoms with Gasteiger partial charge in [0.1, 0.15) is 11.6 Å². The summed E-state index contributed by atoms with van der Waals surface area (Å²) in [4.78, 5) is 27.3. The fraction of sp³-hybridized carbons (Fsp3) is 0.158. The van der Waals surface area contributed by atoms with Crippen LogP contribution in [-0.2, 0) is 11.8 Å². The first-order valence-corrected chi connectivity index (χ1v) is 9.20. The van der Waals surface area contributed by atoms with E-state index >= 15 is 0 Å². The maximum atomic E-state index is 14.5. The number of thiazole rings is 1. The normalized spacial score (nSPS) is 16.7. The van der Waals surface area contributed by atoms with Crippen LogP contribution in [0.15, 0.2) is 53.3 Å². The third kappa shape index (κ3) is 2.57. The van der Waals surface area contributed by atoms with E-state index in [2.05, 4.69) is 0 Å². The zero-order valence-corrected chi connectivity index (χ0v) is 15.4. The van der Waals surface area contributed by atoms with Gasteiger partial charge in [-0.05, 0) is 24.3 Å². The molecule has 3 aromatic rings. The van der Waals surface area contributed by atoms with Crippen molar-refractivity contribution < 1.29 is 9.18 Å². The van der Waals surface area contributed by atoms with Gasteiger partial charge in [-0.2, -0.15) is 0 Å². The highest BCUT2D eigenvalue weighted by atomic mass is 35.5. The topological polar surface area (TPSA) is 42.3 Å². The molecule has 1 aliphatic heterocycles. The molecule has 0 fully saturated rings. The van der Waals surface area contributed by atoms with E-state index in [1.807, 2.05) is 18.2 Å². The van der Waals surface area contributed by atoms with Crippen LogP contribution >= 0.6 is 22.9 Å². The van der Waals surface area contributed by atoms with Crippen LogP contribution in [0.4, 0.5) is 15.9 Å². The largest absolute Gasteiger partial charge is 0.308 e. The molecule has 0 N–H and O–H groups in total. The van der Waals surface area contributed by atoms with Gasteiger partial charge in [-0.3, -0.25) is 19.1 Å². The fourth-order valence-electron chi connectivity index (χ4n) is 3.34. The number of nitrogens with zero attached hydrogens (tertiary/aromatic N) is 2. The van der Waals surface area contributed by atoms with E-state index in [4.69, 9.17) is 11.6 Å². The Hall–Kier alpha value is -2.44. The highest BCUT2D eigenvalue weighted by Crippen LogP contribution is 2.46. The van der Waals surface area contributed by atoms with Gasteiger partial charge in [0.2, 0.25) is 5.91 Å². The number of rotatable bonds is 2. The van der Waals surface area contributed by atoms with Crippen LogP contribution in [0.3, 0.4) is 0 Å². The van der Waals surface area contributed by atoms with Gasteiger partial charge in [0, 0.05) is 30.0 Å². The Kier molecular flexibility index (Phi) is 4.17. The number of anilines is 2. The molecule has 1 aliphatic rings. The van der Waals surface area contributed by atoms with Gasteiger partial charge in [0.25, 0.3) is 0 Å². The second-order valence-electron chi connectivity index (χ2n) is 6.07. The minimum atomic E-state index is -0.579. The van der Waals surface area contributed by atoms with Crippen molar-refractivity contribution in [1.82, 2.24) is 4.57 Å². The van der Waals surface area contributed by atoms with E-state index in [9.17, 15) is 14.0 Å². The Morgan fingerprint density at radius 1 is 1.12 bits per heavy atom. The molecule has 0 spiro atoms. The number of amides is 1.